The second-order valence-corrected chi connectivity index (χ2v) is 3.41. The third-order valence-corrected chi connectivity index (χ3v) is 2.20. The van der Waals surface area contributed by atoms with Crippen LogP contribution in [-0.2, 0) is 9.47 Å². The lowest BCUT2D eigenvalue weighted by molar-refractivity contribution is 0.0601. The molecule has 100 valence electrons. The van der Waals surface area contributed by atoms with Crippen LogP contribution in [0, 0.1) is 5.82 Å². The van der Waals surface area contributed by atoms with Gasteiger partial charge in [-0.2, -0.15) is 0 Å². The molecular formula is C12H16FNO4. The maximum atomic E-state index is 13.5. The minimum absolute atomic E-state index is 0.0107. The van der Waals surface area contributed by atoms with Crippen molar-refractivity contribution in [3.63, 3.8) is 0 Å². The van der Waals surface area contributed by atoms with Crippen molar-refractivity contribution in [1.29, 1.82) is 0 Å². The van der Waals surface area contributed by atoms with E-state index in [1.165, 1.54) is 13.2 Å². The van der Waals surface area contributed by atoms with Crippen molar-refractivity contribution in [2.45, 2.75) is 6.92 Å². The summed E-state index contributed by atoms with van der Waals surface area (Å²) in [5.41, 5.74) is 5.61. The van der Waals surface area contributed by atoms with E-state index in [1.807, 2.05) is 6.92 Å². The molecule has 0 aliphatic rings. The maximum absolute atomic E-state index is 13.5. The molecule has 0 aliphatic carbocycles. The summed E-state index contributed by atoms with van der Waals surface area (Å²) in [6, 6.07) is 2.25. The second kappa shape index (κ2) is 6.80. The second-order valence-electron chi connectivity index (χ2n) is 3.41. The molecule has 0 heterocycles. The van der Waals surface area contributed by atoms with Crippen LogP contribution in [0.3, 0.4) is 0 Å². The normalized spacial score (nSPS) is 10.2. The van der Waals surface area contributed by atoms with Gasteiger partial charge < -0.3 is 19.9 Å². The van der Waals surface area contributed by atoms with Crippen LogP contribution in [0.2, 0.25) is 0 Å². The van der Waals surface area contributed by atoms with Crippen molar-refractivity contribution >= 4 is 11.7 Å². The summed E-state index contributed by atoms with van der Waals surface area (Å²) < 4.78 is 28.3. The fraction of sp³-hybridized carbons (Fsp3) is 0.417. The lowest BCUT2D eigenvalue weighted by Gasteiger charge is -2.10. The van der Waals surface area contributed by atoms with Crippen LogP contribution in [0.5, 0.6) is 5.75 Å². The summed E-state index contributed by atoms with van der Waals surface area (Å²) in [4.78, 5) is 11.4. The van der Waals surface area contributed by atoms with E-state index in [0.717, 1.165) is 6.07 Å². The van der Waals surface area contributed by atoms with Gasteiger partial charge in [0.2, 0.25) is 0 Å². The lowest BCUT2D eigenvalue weighted by Crippen LogP contribution is -2.10. The van der Waals surface area contributed by atoms with E-state index in [-0.39, 0.29) is 23.6 Å². The van der Waals surface area contributed by atoms with E-state index in [2.05, 4.69) is 4.74 Å². The van der Waals surface area contributed by atoms with Crippen LogP contribution in [0.4, 0.5) is 10.1 Å². The van der Waals surface area contributed by atoms with Crippen LogP contribution < -0.4 is 10.5 Å². The van der Waals surface area contributed by atoms with Gasteiger partial charge in [-0.1, -0.05) is 0 Å². The molecule has 6 heteroatoms. The number of nitrogens with two attached hydrogens (primary N) is 1. The fourth-order valence-corrected chi connectivity index (χ4v) is 1.32. The highest BCUT2D eigenvalue weighted by Crippen LogP contribution is 2.24. The molecule has 1 aromatic rings. The molecule has 5 nitrogen and oxygen atoms in total. The summed E-state index contributed by atoms with van der Waals surface area (Å²) >= 11 is 0. The Morgan fingerprint density at radius 3 is 2.72 bits per heavy atom. The average Bonchev–Trinajstić information content (AvgIpc) is 2.36. The van der Waals surface area contributed by atoms with E-state index in [4.69, 9.17) is 15.2 Å². The monoisotopic (exact) mass is 257 g/mol. The maximum Gasteiger partial charge on any atom is 0.340 e. The average molecular weight is 257 g/mol. The Morgan fingerprint density at radius 2 is 2.11 bits per heavy atom. The standard InChI is InChI=1S/C12H16FNO4/c1-3-17-4-5-18-11-6-8(12(15)16-2)10(14)7-9(11)13/h6-7H,3-5,14H2,1-2H3. The predicted molar refractivity (Wildman–Crippen MR) is 64.1 cm³/mol. The number of carbonyl (C=O) groups excluding carboxylic acids is 1. The molecule has 0 spiro atoms. The third-order valence-electron chi connectivity index (χ3n) is 2.20. The molecular weight excluding hydrogens is 241 g/mol. The summed E-state index contributed by atoms with van der Waals surface area (Å²) in [6.07, 6.45) is 0. The number of anilines is 1. The smallest absolute Gasteiger partial charge is 0.340 e. The van der Waals surface area contributed by atoms with Crippen LogP contribution >= 0.6 is 0 Å². The highest BCUT2D eigenvalue weighted by Gasteiger charge is 2.15. The highest BCUT2D eigenvalue weighted by molar-refractivity contribution is 5.95. The fourth-order valence-electron chi connectivity index (χ4n) is 1.32. The van der Waals surface area contributed by atoms with Gasteiger partial charge >= 0.3 is 5.97 Å². The first-order valence-electron chi connectivity index (χ1n) is 5.48. The van der Waals surface area contributed by atoms with Gasteiger partial charge in [0.1, 0.15) is 6.61 Å². The summed E-state index contributed by atoms with van der Waals surface area (Å²) in [5.74, 6) is -1.32. The molecule has 0 aromatic heterocycles. The first-order chi connectivity index (χ1) is 8.60. The molecule has 0 saturated carbocycles. The summed E-state index contributed by atoms with van der Waals surface area (Å²) in [7, 11) is 1.22. The van der Waals surface area contributed by atoms with Crippen LogP contribution in [0.25, 0.3) is 0 Å². The molecule has 0 radical (unpaired) electrons. The van der Waals surface area contributed by atoms with Gasteiger partial charge in [0.15, 0.2) is 11.6 Å². The third kappa shape index (κ3) is 3.59. The number of methoxy groups -OCH3 is 1. The van der Waals surface area contributed by atoms with Crippen molar-refractivity contribution in [2.75, 3.05) is 32.7 Å². The van der Waals surface area contributed by atoms with E-state index in [1.54, 1.807) is 0 Å². The zero-order valence-electron chi connectivity index (χ0n) is 10.4. The van der Waals surface area contributed by atoms with E-state index < -0.39 is 11.8 Å². The number of rotatable bonds is 6. The molecule has 0 atom stereocenters. The minimum Gasteiger partial charge on any atom is -0.488 e. The molecule has 1 rings (SSSR count). The Kier molecular flexibility index (Phi) is 5.38. The van der Waals surface area contributed by atoms with Gasteiger partial charge in [0.05, 0.1) is 19.3 Å². The van der Waals surface area contributed by atoms with Crippen molar-refractivity contribution in [3.8, 4) is 5.75 Å². The molecule has 18 heavy (non-hydrogen) atoms. The quantitative estimate of drug-likeness (QED) is 0.476. The molecule has 0 amide bonds. The van der Waals surface area contributed by atoms with Gasteiger partial charge in [-0.3, -0.25) is 0 Å². The SMILES string of the molecule is CCOCCOc1cc(C(=O)OC)c(N)cc1F. The van der Waals surface area contributed by atoms with Crippen molar-refractivity contribution < 1.29 is 23.4 Å². The van der Waals surface area contributed by atoms with Gasteiger partial charge in [0.25, 0.3) is 0 Å². The minimum atomic E-state index is -0.637. The number of benzene rings is 1. The van der Waals surface area contributed by atoms with Crippen molar-refractivity contribution in [1.82, 2.24) is 0 Å². The van der Waals surface area contributed by atoms with Crippen molar-refractivity contribution in [3.05, 3.63) is 23.5 Å². The predicted octanol–water partition coefficient (Wildman–Crippen LogP) is 1.61. The largest absolute Gasteiger partial charge is 0.488 e. The summed E-state index contributed by atoms with van der Waals surface area (Å²) in [6.45, 7) is 2.93. The van der Waals surface area contributed by atoms with Gasteiger partial charge in [0, 0.05) is 18.4 Å². The summed E-state index contributed by atoms with van der Waals surface area (Å²) in [5, 5.41) is 0. The Bertz CT molecular complexity index is 423. The van der Waals surface area contributed by atoms with Crippen LogP contribution in [0.1, 0.15) is 17.3 Å². The van der Waals surface area contributed by atoms with E-state index in [0.29, 0.717) is 13.2 Å². The number of hydrogen-bond donors (Lipinski definition) is 1. The van der Waals surface area contributed by atoms with Gasteiger partial charge in [-0.05, 0) is 13.0 Å². The lowest BCUT2D eigenvalue weighted by atomic mass is 10.1. The molecule has 0 bridgehead atoms. The zero-order chi connectivity index (χ0) is 13.5. The number of halogens is 1. The molecule has 0 fully saturated rings. The number of carbonyl (C=O) groups is 1. The number of ether oxygens (including phenoxy) is 3. The molecule has 0 unspecified atom stereocenters. The van der Waals surface area contributed by atoms with Gasteiger partial charge in [-0.25, -0.2) is 9.18 Å². The Labute approximate surface area is 105 Å². The van der Waals surface area contributed by atoms with Crippen LogP contribution in [0.15, 0.2) is 12.1 Å². The van der Waals surface area contributed by atoms with Gasteiger partial charge in [-0.15, -0.1) is 0 Å². The number of esters is 1. The Morgan fingerprint density at radius 1 is 1.39 bits per heavy atom. The first-order valence-corrected chi connectivity index (χ1v) is 5.48. The topological polar surface area (TPSA) is 70.8 Å². The number of hydrogen-bond acceptors (Lipinski definition) is 5. The number of nitrogen functional groups attached to an aromatic ring is 1. The first kappa shape index (κ1) is 14.2. The molecule has 1 aromatic carbocycles. The molecule has 0 aliphatic heterocycles. The van der Waals surface area contributed by atoms with E-state index in [9.17, 15) is 9.18 Å². The molecule has 0 saturated heterocycles. The van der Waals surface area contributed by atoms with Crippen LogP contribution in [-0.4, -0.2) is 32.9 Å². The molecule has 2 N–H and O–H groups in total. The zero-order valence-corrected chi connectivity index (χ0v) is 10.4. The van der Waals surface area contributed by atoms with E-state index >= 15 is 0 Å². The van der Waals surface area contributed by atoms with Crippen molar-refractivity contribution in [2.24, 2.45) is 0 Å². The Hall–Kier alpha value is -1.82. The highest BCUT2D eigenvalue weighted by atomic mass is 19.1. The Balaban J connectivity index is 2.81.